The van der Waals surface area contributed by atoms with E-state index in [0.29, 0.717) is 24.5 Å². The Morgan fingerprint density at radius 3 is 2.41 bits per heavy atom. The number of nitrogens with zero attached hydrogens (tertiary/aromatic N) is 5. The molecule has 0 aliphatic carbocycles. The molecule has 1 aliphatic rings. The molecule has 1 amide bonds. The Kier molecular flexibility index (Phi) is 4.89. The highest BCUT2D eigenvalue weighted by Crippen LogP contribution is 2.17. The van der Waals surface area contributed by atoms with E-state index in [1.807, 2.05) is 12.1 Å². The first kappa shape index (κ1) is 17.7. The van der Waals surface area contributed by atoms with Crippen LogP contribution in [0.2, 0.25) is 0 Å². The summed E-state index contributed by atoms with van der Waals surface area (Å²) in [5.74, 6) is 0.505. The Labute approximate surface area is 164 Å². The Morgan fingerprint density at radius 2 is 1.74 bits per heavy atom. The lowest BCUT2D eigenvalue weighted by atomic mass is 10.2. The van der Waals surface area contributed by atoms with Crippen LogP contribution in [-0.4, -0.2) is 51.8 Å². The van der Waals surface area contributed by atoms with Gasteiger partial charge < -0.3 is 9.80 Å². The van der Waals surface area contributed by atoms with Crippen molar-refractivity contribution in [2.24, 2.45) is 0 Å². The maximum absolute atomic E-state index is 13.1. The van der Waals surface area contributed by atoms with Gasteiger partial charge in [-0.1, -0.05) is 0 Å². The van der Waals surface area contributed by atoms with Gasteiger partial charge in [0.25, 0.3) is 5.91 Å². The number of hydrogen-bond acceptors (Lipinski definition) is 4. The Balaban J connectivity index is 1.41. The van der Waals surface area contributed by atoms with E-state index < -0.39 is 0 Å². The van der Waals surface area contributed by atoms with Crippen molar-refractivity contribution in [1.29, 1.82) is 0 Å². The molecule has 1 aromatic carbocycles. The highest BCUT2D eigenvalue weighted by molar-refractivity contribution is 9.10. The lowest BCUT2D eigenvalue weighted by Crippen LogP contribution is -2.49. The molecule has 0 spiro atoms. The standard InChI is InChI=1S/C19H17BrFN5O/c20-14-1-6-18(22-13-14)24-9-11-25(12-10-24)19(27)17-7-8-26(23-17)16-4-2-15(21)3-5-16/h1-8,13H,9-12H2. The first-order valence-corrected chi connectivity index (χ1v) is 9.37. The smallest absolute Gasteiger partial charge is 0.274 e. The monoisotopic (exact) mass is 429 g/mol. The van der Waals surface area contributed by atoms with Crippen LogP contribution in [0.4, 0.5) is 10.2 Å². The summed E-state index contributed by atoms with van der Waals surface area (Å²) in [6.07, 6.45) is 3.48. The number of amides is 1. The largest absolute Gasteiger partial charge is 0.353 e. The quantitative estimate of drug-likeness (QED) is 0.641. The number of rotatable bonds is 3. The second-order valence-electron chi connectivity index (χ2n) is 6.24. The summed E-state index contributed by atoms with van der Waals surface area (Å²) in [5.41, 5.74) is 1.09. The molecule has 27 heavy (non-hydrogen) atoms. The summed E-state index contributed by atoms with van der Waals surface area (Å²) in [7, 11) is 0. The van der Waals surface area contributed by atoms with E-state index >= 15 is 0 Å². The van der Waals surface area contributed by atoms with Crippen LogP contribution in [0.25, 0.3) is 5.69 Å². The predicted molar refractivity (Wildman–Crippen MR) is 104 cm³/mol. The molecule has 0 unspecified atom stereocenters. The van der Waals surface area contributed by atoms with Crippen molar-refractivity contribution in [2.75, 3.05) is 31.1 Å². The van der Waals surface area contributed by atoms with Crippen LogP contribution >= 0.6 is 15.9 Å². The second-order valence-corrected chi connectivity index (χ2v) is 7.15. The number of aromatic nitrogens is 3. The minimum atomic E-state index is -0.305. The molecule has 0 N–H and O–H groups in total. The van der Waals surface area contributed by atoms with Gasteiger partial charge in [0, 0.05) is 43.0 Å². The van der Waals surface area contributed by atoms with E-state index in [4.69, 9.17) is 0 Å². The van der Waals surface area contributed by atoms with Crippen molar-refractivity contribution in [3.8, 4) is 5.69 Å². The topological polar surface area (TPSA) is 54.3 Å². The van der Waals surface area contributed by atoms with Crippen molar-refractivity contribution < 1.29 is 9.18 Å². The minimum absolute atomic E-state index is 0.0979. The fourth-order valence-electron chi connectivity index (χ4n) is 3.03. The van der Waals surface area contributed by atoms with Crippen LogP contribution in [0.15, 0.2) is 59.3 Å². The van der Waals surface area contributed by atoms with E-state index in [0.717, 1.165) is 23.4 Å². The van der Waals surface area contributed by atoms with Crippen molar-refractivity contribution in [3.05, 3.63) is 70.8 Å². The molecule has 0 atom stereocenters. The molecule has 138 valence electrons. The Bertz CT molecular complexity index is 933. The highest BCUT2D eigenvalue weighted by Gasteiger charge is 2.24. The van der Waals surface area contributed by atoms with E-state index in [9.17, 15) is 9.18 Å². The summed E-state index contributed by atoms with van der Waals surface area (Å²) in [6.45, 7) is 2.66. The van der Waals surface area contributed by atoms with Crippen molar-refractivity contribution in [2.45, 2.75) is 0 Å². The highest BCUT2D eigenvalue weighted by atomic mass is 79.9. The first-order chi connectivity index (χ1) is 13.1. The van der Waals surface area contributed by atoms with Crippen molar-refractivity contribution in [3.63, 3.8) is 0 Å². The lowest BCUT2D eigenvalue weighted by Gasteiger charge is -2.35. The average Bonchev–Trinajstić information content (AvgIpc) is 3.19. The van der Waals surface area contributed by atoms with Gasteiger partial charge in [-0.3, -0.25) is 4.79 Å². The summed E-state index contributed by atoms with van der Waals surface area (Å²) >= 11 is 3.38. The molecular formula is C19H17BrFN5O. The molecule has 4 rings (SSSR count). The van der Waals surface area contributed by atoms with Crippen LogP contribution < -0.4 is 4.90 Å². The van der Waals surface area contributed by atoms with Gasteiger partial charge in [-0.25, -0.2) is 14.1 Å². The van der Waals surface area contributed by atoms with Crippen LogP contribution in [0, 0.1) is 5.82 Å². The number of halogens is 2. The molecule has 8 heteroatoms. The number of piperazine rings is 1. The molecule has 1 fully saturated rings. The van der Waals surface area contributed by atoms with Crippen LogP contribution in [0.3, 0.4) is 0 Å². The zero-order valence-electron chi connectivity index (χ0n) is 14.4. The number of hydrogen-bond donors (Lipinski definition) is 0. The molecule has 0 radical (unpaired) electrons. The van der Waals surface area contributed by atoms with Gasteiger partial charge in [-0.2, -0.15) is 5.10 Å². The van der Waals surface area contributed by atoms with E-state index in [1.165, 1.54) is 12.1 Å². The molecule has 6 nitrogen and oxygen atoms in total. The van der Waals surface area contributed by atoms with Crippen LogP contribution in [0.1, 0.15) is 10.5 Å². The van der Waals surface area contributed by atoms with Crippen LogP contribution in [-0.2, 0) is 0 Å². The average molecular weight is 430 g/mol. The van der Waals surface area contributed by atoms with Gasteiger partial charge in [0.05, 0.1) is 5.69 Å². The van der Waals surface area contributed by atoms with E-state index in [1.54, 1.807) is 40.2 Å². The van der Waals surface area contributed by atoms with Gasteiger partial charge >= 0.3 is 0 Å². The minimum Gasteiger partial charge on any atom is -0.353 e. The molecule has 3 heterocycles. The number of benzene rings is 1. The summed E-state index contributed by atoms with van der Waals surface area (Å²) in [6, 6.07) is 11.6. The van der Waals surface area contributed by atoms with Gasteiger partial charge in [-0.15, -0.1) is 0 Å². The predicted octanol–water partition coefficient (Wildman–Crippen LogP) is 3.13. The third-order valence-corrected chi connectivity index (χ3v) is 4.97. The normalized spacial score (nSPS) is 14.4. The van der Waals surface area contributed by atoms with E-state index in [2.05, 4.69) is 30.9 Å². The zero-order chi connectivity index (χ0) is 18.8. The fourth-order valence-corrected chi connectivity index (χ4v) is 3.27. The number of anilines is 1. The van der Waals surface area contributed by atoms with Gasteiger partial charge in [0.15, 0.2) is 5.69 Å². The molecule has 1 saturated heterocycles. The van der Waals surface area contributed by atoms with Crippen LogP contribution in [0.5, 0.6) is 0 Å². The fraction of sp³-hybridized carbons (Fsp3) is 0.211. The lowest BCUT2D eigenvalue weighted by molar-refractivity contribution is 0.0740. The molecule has 2 aromatic heterocycles. The van der Waals surface area contributed by atoms with Crippen molar-refractivity contribution >= 4 is 27.7 Å². The second kappa shape index (κ2) is 7.48. The summed E-state index contributed by atoms with van der Waals surface area (Å²) < 4.78 is 15.6. The summed E-state index contributed by atoms with van der Waals surface area (Å²) in [5, 5.41) is 4.34. The maximum atomic E-state index is 13.1. The van der Waals surface area contributed by atoms with Gasteiger partial charge in [0.1, 0.15) is 11.6 Å². The molecule has 3 aromatic rings. The maximum Gasteiger partial charge on any atom is 0.274 e. The van der Waals surface area contributed by atoms with Crippen molar-refractivity contribution in [1.82, 2.24) is 19.7 Å². The molecule has 0 bridgehead atoms. The zero-order valence-corrected chi connectivity index (χ0v) is 16.0. The Morgan fingerprint density at radius 1 is 1.00 bits per heavy atom. The summed E-state index contributed by atoms with van der Waals surface area (Å²) in [4.78, 5) is 21.1. The van der Waals surface area contributed by atoms with Gasteiger partial charge in [0.2, 0.25) is 0 Å². The number of carbonyl (C=O) groups is 1. The third kappa shape index (κ3) is 3.85. The Hall–Kier alpha value is -2.74. The number of carbonyl (C=O) groups excluding carboxylic acids is 1. The molecule has 0 saturated carbocycles. The number of pyridine rings is 1. The van der Waals surface area contributed by atoms with E-state index in [-0.39, 0.29) is 11.7 Å². The third-order valence-electron chi connectivity index (χ3n) is 4.50. The SMILES string of the molecule is O=C(c1ccn(-c2ccc(F)cc2)n1)N1CCN(c2ccc(Br)cn2)CC1. The molecular weight excluding hydrogens is 413 g/mol. The first-order valence-electron chi connectivity index (χ1n) is 8.57. The van der Waals surface area contributed by atoms with Gasteiger partial charge in [-0.05, 0) is 58.4 Å². The molecule has 1 aliphatic heterocycles.